The molecule has 0 spiro atoms. The van der Waals surface area contributed by atoms with E-state index in [4.69, 9.17) is 0 Å². The normalized spacial score (nSPS) is 11.1. The predicted octanol–water partition coefficient (Wildman–Crippen LogP) is 4.74. The van der Waals surface area contributed by atoms with Crippen molar-refractivity contribution in [2.45, 2.75) is 13.8 Å². The molecule has 0 N–H and O–H groups in total. The topological polar surface area (TPSA) is 8.81 Å². The highest BCUT2D eigenvalue weighted by molar-refractivity contribution is 5.79. The van der Waals surface area contributed by atoms with E-state index in [1.807, 2.05) is 0 Å². The standard InChI is InChI=1S/C22H21N2/c1-16-13-14-19(17(2)15-16)22-23(3)20-11-7-8-12-21(20)24(22)18-9-5-4-6-10-18/h4-15H,1-3H3/q+1. The summed E-state index contributed by atoms with van der Waals surface area (Å²) in [6.07, 6.45) is 0. The van der Waals surface area contributed by atoms with Crippen LogP contribution >= 0.6 is 0 Å². The number of imidazole rings is 1. The van der Waals surface area contributed by atoms with E-state index >= 15 is 0 Å². The summed E-state index contributed by atoms with van der Waals surface area (Å²) in [6.45, 7) is 4.33. The number of hydrogen-bond donors (Lipinski definition) is 0. The maximum absolute atomic E-state index is 2.35. The Kier molecular flexibility index (Phi) is 3.46. The van der Waals surface area contributed by atoms with E-state index in [-0.39, 0.29) is 0 Å². The number of fused-ring (bicyclic) bond motifs is 1. The molecule has 0 saturated carbocycles. The van der Waals surface area contributed by atoms with Crippen molar-refractivity contribution in [1.82, 2.24) is 4.57 Å². The molecule has 1 aromatic heterocycles. The van der Waals surface area contributed by atoms with Gasteiger partial charge in [-0.25, -0.2) is 4.57 Å². The van der Waals surface area contributed by atoms with Crippen molar-refractivity contribution in [2.24, 2.45) is 7.05 Å². The third kappa shape index (κ3) is 2.23. The Morgan fingerprint density at radius 1 is 0.792 bits per heavy atom. The Bertz CT molecular complexity index is 1030. The molecular weight excluding hydrogens is 292 g/mol. The smallest absolute Gasteiger partial charge is 0.225 e. The fourth-order valence-electron chi connectivity index (χ4n) is 3.52. The van der Waals surface area contributed by atoms with Crippen molar-refractivity contribution in [3.63, 3.8) is 0 Å². The largest absolute Gasteiger partial charge is 0.295 e. The first-order chi connectivity index (χ1) is 11.7. The SMILES string of the molecule is Cc1ccc(-c2n(-c3ccccc3)c3ccccc3[n+]2C)c(C)c1. The van der Waals surface area contributed by atoms with Crippen LogP contribution in [0.25, 0.3) is 28.1 Å². The van der Waals surface area contributed by atoms with Crippen LogP contribution in [0.3, 0.4) is 0 Å². The number of nitrogens with zero attached hydrogens (tertiary/aromatic N) is 2. The zero-order valence-electron chi connectivity index (χ0n) is 14.3. The van der Waals surface area contributed by atoms with Crippen LogP contribution in [0.4, 0.5) is 0 Å². The maximum atomic E-state index is 2.35. The Morgan fingerprint density at radius 2 is 1.50 bits per heavy atom. The van der Waals surface area contributed by atoms with Gasteiger partial charge in [0, 0.05) is 0 Å². The van der Waals surface area contributed by atoms with Crippen molar-refractivity contribution < 1.29 is 4.57 Å². The van der Waals surface area contributed by atoms with Crippen molar-refractivity contribution >= 4 is 11.0 Å². The monoisotopic (exact) mass is 313 g/mol. The van der Waals surface area contributed by atoms with Crippen molar-refractivity contribution in [2.75, 3.05) is 0 Å². The van der Waals surface area contributed by atoms with E-state index in [9.17, 15) is 0 Å². The van der Waals surface area contributed by atoms with E-state index < -0.39 is 0 Å². The molecule has 2 heteroatoms. The minimum absolute atomic E-state index is 1.18. The molecule has 0 radical (unpaired) electrons. The summed E-state index contributed by atoms with van der Waals surface area (Å²) >= 11 is 0. The number of para-hydroxylation sites is 3. The molecule has 0 aliphatic rings. The highest BCUT2D eigenvalue weighted by atomic mass is 15.2. The van der Waals surface area contributed by atoms with Gasteiger partial charge in [-0.05, 0) is 49.7 Å². The molecule has 0 aliphatic heterocycles. The fraction of sp³-hybridized carbons (Fsp3) is 0.136. The summed E-state index contributed by atoms with van der Waals surface area (Å²) < 4.78 is 4.65. The van der Waals surface area contributed by atoms with E-state index in [0.717, 1.165) is 0 Å². The first-order valence-electron chi connectivity index (χ1n) is 8.29. The van der Waals surface area contributed by atoms with Gasteiger partial charge in [-0.1, -0.05) is 48.0 Å². The number of benzene rings is 3. The first kappa shape index (κ1) is 14.7. The van der Waals surface area contributed by atoms with Gasteiger partial charge in [-0.15, -0.1) is 0 Å². The molecule has 0 fully saturated rings. The Balaban J connectivity index is 2.13. The number of rotatable bonds is 2. The molecule has 3 aromatic carbocycles. The van der Waals surface area contributed by atoms with Crippen LogP contribution in [0, 0.1) is 13.8 Å². The molecule has 24 heavy (non-hydrogen) atoms. The number of hydrogen-bond acceptors (Lipinski definition) is 0. The molecule has 4 aromatic rings. The highest BCUT2D eigenvalue weighted by Crippen LogP contribution is 2.29. The maximum Gasteiger partial charge on any atom is 0.295 e. The summed E-state index contributed by atoms with van der Waals surface area (Å²) in [4.78, 5) is 0. The van der Waals surface area contributed by atoms with Crippen molar-refractivity contribution in [1.29, 1.82) is 0 Å². The van der Waals surface area contributed by atoms with Gasteiger partial charge in [-0.3, -0.25) is 0 Å². The molecule has 0 amide bonds. The summed E-state index contributed by atoms with van der Waals surface area (Å²) in [6, 6.07) is 25.8. The van der Waals surface area contributed by atoms with E-state index in [1.54, 1.807) is 0 Å². The third-order valence-electron chi connectivity index (χ3n) is 4.65. The van der Waals surface area contributed by atoms with E-state index in [2.05, 4.69) is 103 Å². The highest BCUT2D eigenvalue weighted by Gasteiger charge is 2.26. The lowest BCUT2D eigenvalue weighted by Crippen LogP contribution is -2.30. The second kappa shape index (κ2) is 5.64. The van der Waals surface area contributed by atoms with Crippen LogP contribution in [-0.2, 0) is 7.05 Å². The van der Waals surface area contributed by atoms with Crippen LogP contribution in [-0.4, -0.2) is 4.57 Å². The van der Waals surface area contributed by atoms with Crippen LogP contribution < -0.4 is 4.57 Å². The molecule has 4 rings (SSSR count). The van der Waals surface area contributed by atoms with E-state index in [0.29, 0.717) is 0 Å². The molecule has 0 saturated heterocycles. The van der Waals surface area contributed by atoms with Crippen molar-refractivity contribution in [3.05, 3.63) is 83.9 Å². The Morgan fingerprint density at radius 3 is 2.25 bits per heavy atom. The van der Waals surface area contributed by atoms with Gasteiger partial charge in [-0.2, -0.15) is 4.57 Å². The van der Waals surface area contributed by atoms with Gasteiger partial charge in [0.25, 0.3) is 5.82 Å². The Labute approximate surface area is 142 Å². The average molecular weight is 313 g/mol. The second-order valence-corrected chi connectivity index (χ2v) is 6.36. The zero-order chi connectivity index (χ0) is 16.7. The fourth-order valence-corrected chi connectivity index (χ4v) is 3.52. The van der Waals surface area contributed by atoms with Gasteiger partial charge >= 0.3 is 0 Å². The van der Waals surface area contributed by atoms with Gasteiger partial charge in [0.2, 0.25) is 0 Å². The average Bonchev–Trinajstić information content (AvgIpc) is 2.89. The predicted molar refractivity (Wildman–Crippen MR) is 99.4 cm³/mol. The Hall–Kier alpha value is -2.87. The lowest BCUT2D eigenvalue weighted by Gasteiger charge is -2.07. The van der Waals surface area contributed by atoms with Crippen LogP contribution in [0.2, 0.25) is 0 Å². The quantitative estimate of drug-likeness (QED) is 0.473. The molecule has 118 valence electrons. The summed E-state index contributed by atoms with van der Waals surface area (Å²) in [5.41, 5.74) is 7.50. The minimum atomic E-state index is 1.18. The molecule has 0 atom stereocenters. The molecule has 0 aliphatic carbocycles. The lowest BCUT2D eigenvalue weighted by molar-refractivity contribution is -0.633. The lowest BCUT2D eigenvalue weighted by atomic mass is 10.0. The second-order valence-electron chi connectivity index (χ2n) is 6.36. The third-order valence-corrected chi connectivity index (χ3v) is 4.65. The number of aryl methyl sites for hydroxylation is 3. The summed E-state index contributed by atoms with van der Waals surface area (Å²) in [5.74, 6) is 1.21. The van der Waals surface area contributed by atoms with Gasteiger partial charge in [0.1, 0.15) is 5.69 Å². The summed E-state index contributed by atoms with van der Waals surface area (Å²) in [5, 5.41) is 0. The number of aromatic nitrogens is 2. The first-order valence-corrected chi connectivity index (χ1v) is 8.29. The molecule has 2 nitrogen and oxygen atoms in total. The van der Waals surface area contributed by atoms with Gasteiger partial charge in [0.15, 0.2) is 11.0 Å². The van der Waals surface area contributed by atoms with Crippen LogP contribution in [0.5, 0.6) is 0 Å². The van der Waals surface area contributed by atoms with Gasteiger partial charge < -0.3 is 0 Å². The van der Waals surface area contributed by atoms with E-state index in [1.165, 1.54) is 39.2 Å². The van der Waals surface area contributed by atoms with Gasteiger partial charge in [0.05, 0.1) is 12.6 Å². The molecule has 1 heterocycles. The zero-order valence-corrected chi connectivity index (χ0v) is 14.3. The van der Waals surface area contributed by atoms with Crippen molar-refractivity contribution in [3.8, 4) is 17.1 Å². The minimum Gasteiger partial charge on any atom is -0.225 e. The van der Waals surface area contributed by atoms with Crippen LogP contribution in [0.1, 0.15) is 11.1 Å². The van der Waals surface area contributed by atoms with Crippen LogP contribution in [0.15, 0.2) is 72.8 Å². The molecular formula is C22H21N2+. The molecule has 0 bridgehead atoms. The summed E-state index contributed by atoms with van der Waals surface area (Å²) in [7, 11) is 2.15. The molecule has 0 unspecified atom stereocenters.